The van der Waals surface area contributed by atoms with Crippen LogP contribution in [0.3, 0.4) is 0 Å². The highest BCUT2D eigenvalue weighted by Gasteiger charge is 2.33. The molecule has 0 aliphatic rings. The molecule has 19 heavy (non-hydrogen) atoms. The maximum absolute atomic E-state index is 12.3. The largest absolute Gasteiger partial charge is 0.508 e. The first-order valence-electron chi connectivity index (χ1n) is 6.71. The van der Waals surface area contributed by atoms with Gasteiger partial charge in [-0.05, 0) is 42.0 Å². The Labute approximate surface area is 115 Å². The first-order chi connectivity index (χ1) is 8.70. The third kappa shape index (κ3) is 4.93. The van der Waals surface area contributed by atoms with Crippen molar-refractivity contribution in [2.75, 3.05) is 0 Å². The lowest BCUT2D eigenvalue weighted by molar-refractivity contribution is -0.143. The smallest absolute Gasteiger partial charge is 0.314 e. The predicted molar refractivity (Wildman–Crippen MR) is 76.1 cm³/mol. The van der Waals surface area contributed by atoms with Gasteiger partial charge in [-0.3, -0.25) is 4.79 Å². The Hall–Kier alpha value is -1.51. The zero-order chi connectivity index (χ0) is 14.6. The van der Waals surface area contributed by atoms with Gasteiger partial charge in [0.15, 0.2) is 0 Å². The molecule has 1 rings (SSSR count). The van der Waals surface area contributed by atoms with Crippen molar-refractivity contribution < 1.29 is 14.6 Å². The number of hydrogen-bond acceptors (Lipinski definition) is 3. The molecule has 1 atom stereocenters. The molecule has 0 spiro atoms. The molecule has 0 fully saturated rings. The van der Waals surface area contributed by atoms with E-state index >= 15 is 0 Å². The number of phenolic OH excluding ortho intramolecular Hbond substituents is 1. The summed E-state index contributed by atoms with van der Waals surface area (Å²) >= 11 is 0. The van der Waals surface area contributed by atoms with Gasteiger partial charge in [0.25, 0.3) is 0 Å². The Kier molecular flexibility index (Phi) is 4.98. The second-order valence-corrected chi connectivity index (χ2v) is 6.46. The molecule has 0 amide bonds. The van der Waals surface area contributed by atoms with Crippen molar-refractivity contribution in [2.45, 2.75) is 41.0 Å². The fourth-order valence-corrected chi connectivity index (χ4v) is 1.98. The molecular weight excluding hydrogens is 240 g/mol. The Morgan fingerprint density at radius 1 is 1.21 bits per heavy atom. The summed E-state index contributed by atoms with van der Waals surface area (Å²) in [7, 11) is 0. The van der Waals surface area contributed by atoms with Crippen LogP contribution in [0, 0.1) is 17.3 Å². The van der Waals surface area contributed by atoms with E-state index < -0.39 is 0 Å². The fraction of sp³-hybridized carbons (Fsp3) is 0.562. The SMILES string of the molecule is CC(C)CC(C(=O)Oc1ccc(O)cc1)C(C)(C)C. The third-order valence-corrected chi connectivity index (χ3v) is 3.09. The van der Waals surface area contributed by atoms with Crippen LogP contribution in [-0.4, -0.2) is 11.1 Å². The molecule has 106 valence electrons. The summed E-state index contributed by atoms with van der Waals surface area (Å²) in [6.45, 7) is 10.4. The van der Waals surface area contributed by atoms with Crippen molar-refractivity contribution >= 4 is 5.97 Å². The number of hydrogen-bond donors (Lipinski definition) is 1. The average molecular weight is 264 g/mol. The van der Waals surface area contributed by atoms with Gasteiger partial charge in [0, 0.05) is 0 Å². The molecule has 0 aliphatic heterocycles. The number of ether oxygens (including phenoxy) is 1. The summed E-state index contributed by atoms with van der Waals surface area (Å²) < 4.78 is 5.41. The van der Waals surface area contributed by atoms with Crippen LogP contribution in [0.25, 0.3) is 0 Å². The van der Waals surface area contributed by atoms with Crippen LogP contribution in [0.4, 0.5) is 0 Å². The molecule has 1 aromatic rings. The molecule has 0 saturated heterocycles. The number of benzene rings is 1. The Morgan fingerprint density at radius 3 is 2.16 bits per heavy atom. The fourth-order valence-electron chi connectivity index (χ4n) is 1.98. The van der Waals surface area contributed by atoms with Crippen molar-refractivity contribution in [1.82, 2.24) is 0 Å². The van der Waals surface area contributed by atoms with Crippen LogP contribution in [0.1, 0.15) is 41.0 Å². The van der Waals surface area contributed by atoms with Crippen LogP contribution < -0.4 is 4.74 Å². The molecule has 3 heteroatoms. The van der Waals surface area contributed by atoms with Gasteiger partial charge in [0.1, 0.15) is 11.5 Å². The molecule has 0 bridgehead atoms. The van der Waals surface area contributed by atoms with E-state index in [0.29, 0.717) is 11.7 Å². The number of carbonyl (C=O) groups excluding carboxylic acids is 1. The second kappa shape index (κ2) is 6.09. The number of esters is 1. The highest BCUT2D eigenvalue weighted by Crippen LogP contribution is 2.33. The summed E-state index contributed by atoms with van der Waals surface area (Å²) in [4.78, 5) is 12.3. The lowest BCUT2D eigenvalue weighted by atomic mass is 9.76. The van der Waals surface area contributed by atoms with Crippen molar-refractivity contribution in [1.29, 1.82) is 0 Å². The zero-order valence-corrected chi connectivity index (χ0v) is 12.4. The van der Waals surface area contributed by atoms with E-state index in [2.05, 4.69) is 34.6 Å². The predicted octanol–water partition coefficient (Wildman–Crippen LogP) is 4.01. The highest BCUT2D eigenvalue weighted by atomic mass is 16.5. The monoisotopic (exact) mass is 264 g/mol. The van der Waals surface area contributed by atoms with E-state index in [-0.39, 0.29) is 23.1 Å². The molecule has 0 radical (unpaired) electrons. The van der Waals surface area contributed by atoms with E-state index in [1.807, 2.05) is 0 Å². The Bertz CT molecular complexity index is 413. The second-order valence-electron chi connectivity index (χ2n) is 6.46. The number of aromatic hydroxyl groups is 1. The van der Waals surface area contributed by atoms with Gasteiger partial charge in [-0.15, -0.1) is 0 Å². The summed E-state index contributed by atoms with van der Waals surface area (Å²) in [5.74, 6) is 0.736. The molecule has 1 N–H and O–H groups in total. The zero-order valence-electron chi connectivity index (χ0n) is 12.4. The van der Waals surface area contributed by atoms with E-state index in [9.17, 15) is 9.90 Å². The van der Waals surface area contributed by atoms with Gasteiger partial charge >= 0.3 is 5.97 Å². The Balaban J connectivity index is 2.80. The van der Waals surface area contributed by atoms with E-state index in [1.165, 1.54) is 12.1 Å². The lowest BCUT2D eigenvalue weighted by Gasteiger charge is -2.30. The van der Waals surface area contributed by atoms with Gasteiger partial charge in [-0.1, -0.05) is 34.6 Å². The summed E-state index contributed by atoms with van der Waals surface area (Å²) in [5.41, 5.74) is -0.127. The van der Waals surface area contributed by atoms with Gasteiger partial charge in [-0.2, -0.15) is 0 Å². The minimum absolute atomic E-state index is 0.127. The minimum Gasteiger partial charge on any atom is -0.508 e. The molecule has 0 heterocycles. The average Bonchev–Trinajstić information content (AvgIpc) is 2.27. The van der Waals surface area contributed by atoms with Gasteiger partial charge < -0.3 is 9.84 Å². The number of rotatable bonds is 4. The third-order valence-electron chi connectivity index (χ3n) is 3.09. The first kappa shape index (κ1) is 15.5. The normalized spacial score (nSPS) is 13.4. The van der Waals surface area contributed by atoms with Crippen LogP contribution in [0.5, 0.6) is 11.5 Å². The van der Waals surface area contributed by atoms with E-state index in [0.717, 1.165) is 6.42 Å². The first-order valence-corrected chi connectivity index (χ1v) is 6.71. The topological polar surface area (TPSA) is 46.5 Å². The van der Waals surface area contributed by atoms with Gasteiger partial charge in [0.05, 0.1) is 5.92 Å². The molecule has 0 aliphatic carbocycles. The summed E-state index contributed by atoms with van der Waals surface area (Å²) in [6, 6.07) is 6.22. The quantitative estimate of drug-likeness (QED) is 0.660. The van der Waals surface area contributed by atoms with Crippen LogP contribution in [-0.2, 0) is 4.79 Å². The maximum atomic E-state index is 12.3. The summed E-state index contributed by atoms with van der Waals surface area (Å²) in [5, 5.41) is 9.21. The standard InChI is InChI=1S/C16H24O3/c1-11(2)10-14(16(3,4)5)15(18)19-13-8-6-12(17)7-9-13/h6-9,11,14,17H,10H2,1-5H3. The van der Waals surface area contributed by atoms with E-state index in [4.69, 9.17) is 4.74 Å². The van der Waals surface area contributed by atoms with Crippen LogP contribution >= 0.6 is 0 Å². The molecule has 0 saturated carbocycles. The number of phenols is 1. The lowest BCUT2D eigenvalue weighted by Crippen LogP contribution is -2.33. The van der Waals surface area contributed by atoms with Gasteiger partial charge in [-0.25, -0.2) is 0 Å². The van der Waals surface area contributed by atoms with Crippen molar-refractivity contribution in [3.63, 3.8) is 0 Å². The summed E-state index contributed by atoms with van der Waals surface area (Å²) in [6.07, 6.45) is 0.806. The molecule has 1 unspecified atom stereocenters. The van der Waals surface area contributed by atoms with E-state index in [1.54, 1.807) is 12.1 Å². The molecular formula is C16H24O3. The molecule has 0 aromatic heterocycles. The highest BCUT2D eigenvalue weighted by molar-refractivity contribution is 5.76. The van der Waals surface area contributed by atoms with Crippen LogP contribution in [0.15, 0.2) is 24.3 Å². The van der Waals surface area contributed by atoms with Crippen molar-refractivity contribution in [3.05, 3.63) is 24.3 Å². The number of carbonyl (C=O) groups is 1. The van der Waals surface area contributed by atoms with Crippen LogP contribution in [0.2, 0.25) is 0 Å². The van der Waals surface area contributed by atoms with Crippen molar-refractivity contribution in [3.8, 4) is 11.5 Å². The van der Waals surface area contributed by atoms with Crippen molar-refractivity contribution in [2.24, 2.45) is 17.3 Å². The minimum atomic E-state index is -0.202. The Morgan fingerprint density at radius 2 is 1.74 bits per heavy atom. The molecule has 1 aromatic carbocycles. The molecule has 3 nitrogen and oxygen atoms in total. The maximum Gasteiger partial charge on any atom is 0.314 e. The van der Waals surface area contributed by atoms with Gasteiger partial charge in [0.2, 0.25) is 0 Å².